The molecule has 0 atom stereocenters. The molecule has 4 N–H and O–H groups in total. The third-order valence-electron chi connectivity index (χ3n) is 5.23. The van der Waals surface area contributed by atoms with Crippen LogP contribution in [0, 0.1) is 13.8 Å². The van der Waals surface area contributed by atoms with E-state index in [1.807, 2.05) is 32.0 Å². The Morgan fingerprint density at radius 2 is 1.79 bits per heavy atom. The van der Waals surface area contributed by atoms with Crippen LogP contribution in [-0.2, 0) is 12.8 Å². The van der Waals surface area contributed by atoms with E-state index in [2.05, 4.69) is 28.2 Å². The SMILES string of the molecule is Cc1ccc2c(c1)nc(N)c1nccc(CCc3ccc(C(N)=O)cc3C)c12. The molecule has 0 spiro atoms. The number of anilines is 1. The van der Waals surface area contributed by atoms with Gasteiger partial charge in [0.15, 0.2) is 5.82 Å². The fraction of sp³-hybridized carbons (Fsp3) is 0.174. The molecule has 0 aliphatic rings. The molecule has 0 unspecified atom stereocenters. The second-order valence-electron chi connectivity index (χ2n) is 7.22. The van der Waals surface area contributed by atoms with Crippen LogP contribution >= 0.6 is 0 Å². The molecule has 0 aliphatic carbocycles. The van der Waals surface area contributed by atoms with Crippen LogP contribution in [0.25, 0.3) is 21.8 Å². The number of hydrogen-bond acceptors (Lipinski definition) is 4. The van der Waals surface area contributed by atoms with Gasteiger partial charge in [0, 0.05) is 22.5 Å². The Hall–Kier alpha value is -3.47. The van der Waals surface area contributed by atoms with Crippen LogP contribution in [0.5, 0.6) is 0 Å². The molecule has 5 heteroatoms. The van der Waals surface area contributed by atoms with E-state index >= 15 is 0 Å². The lowest BCUT2D eigenvalue weighted by atomic mass is 9.95. The van der Waals surface area contributed by atoms with Crippen LogP contribution in [-0.4, -0.2) is 15.9 Å². The number of carbonyl (C=O) groups excluding carboxylic acids is 1. The zero-order valence-electron chi connectivity index (χ0n) is 16.0. The van der Waals surface area contributed by atoms with Gasteiger partial charge in [0.2, 0.25) is 5.91 Å². The van der Waals surface area contributed by atoms with Gasteiger partial charge in [-0.2, -0.15) is 0 Å². The largest absolute Gasteiger partial charge is 0.382 e. The van der Waals surface area contributed by atoms with E-state index in [4.69, 9.17) is 11.5 Å². The average molecular weight is 370 g/mol. The Morgan fingerprint density at radius 3 is 2.54 bits per heavy atom. The summed E-state index contributed by atoms with van der Waals surface area (Å²) >= 11 is 0. The summed E-state index contributed by atoms with van der Waals surface area (Å²) < 4.78 is 0. The first-order chi connectivity index (χ1) is 13.4. The summed E-state index contributed by atoms with van der Waals surface area (Å²) in [4.78, 5) is 20.4. The zero-order chi connectivity index (χ0) is 19.8. The second-order valence-corrected chi connectivity index (χ2v) is 7.22. The molecule has 4 aromatic rings. The van der Waals surface area contributed by atoms with Crippen LogP contribution in [0.15, 0.2) is 48.7 Å². The van der Waals surface area contributed by atoms with E-state index in [-0.39, 0.29) is 0 Å². The number of amides is 1. The Kier molecular flexibility index (Phi) is 4.43. The van der Waals surface area contributed by atoms with Crippen molar-refractivity contribution in [3.05, 3.63) is 76.5 Å². The van der Waals surface area contributed by atoms with E-state index in [1.165, 1.54) is 11.1 Å². The molecule has 4 rings (SSSR count). The Morgan fingerprint density at radius 1 is 1.00 bits per heavy atom. The van der Waals surface area contributed by atoms with Crippen LogP contribution < -0.4 is 11.5 Å². The molecule has 2 aromatic carbocycles. The number of nitrogen functional groups attached to an aromatic ring is 1. The van der Waals surface area contributed by atoms with Crippen molar-refractivity contribution in [3.63, 3.8) is 0 Å². The maximum atomic E-state index is 11.4. The Balaban J connectivity index is 1.77. The summed E-state index contributed by atoms with van der Waals surface area (Å²) in [5.41, 5.74) is 18.3. The number of carbonyl (C=O) groups is 1. The van der Waals surface area contributed by atoms with Crippen molar-refractivity contribution in [2.75, 3.05) is 5.73 Å². The van der Waals surface area contributed by atoms with Crippen molar-refractivity contribution in [3.8, 4) is 0 Å². The van der Waals surface area contributed by atoms with Gasteiger partial charge in [-0.1, -0.05) is 18.2 Å². The molecule has 0 radical (unpaired) electrons. The number of primary amides is 1. The maximum Gasteiger partial charge on any atom is 0.248 e. The molecular weight excluding hydrogens is 348 g/mol. The number of benzene rings is 2. The highest BCUT2D eigenvalue weighted by molar-refractivity contribution is 6.09. The number of aryl methyl sites for hydroxylation is 4. The molecule has 2 aromatic heterocycles. The number of pyridine rings is 2. The molecule has 0 fully saturated rings. The Labute approximate surface area is 163 Å². The van der Waals surface area contributed by atoms with Crippen LogP contribution in [0.3, 0.4) is 0 Å². The van der Waals surface area contributed by atoms with Crippen LogP contribution in [0.1, 0.15) is 32.6 Å². The standard InChI is InChI=1S/C23H22N4O/c1-13-3-8-18-19(11-13)27-22(24)21-20(18)16(9-10-26-21)6-4-15-5-7-17(23(25)28)12-14(15)2/h3,5,7-12H,4,6H2,1-2H3,(H2,24,27)(H2,25,28). The van der Waals surface area contributed by atoms with Gasteiger partial charge in [0.05, 0.1) is 5.52 Å². The highest BCUT2D eigenvalue weighted by atomic mass is 16.1. The smallest absolute Gasteiger partial charge is 0.248 e. The van der Waals surface area contributed by atoms with Crippen molar-refractivity contribution in [2.45, 2.75) is 26.7 Å². The fourth-order valence-corrected chi connectivity index (χ4v) is 3.73. The van der Waals surface area contributed by atoms with Gasteiger partial charge in [-0.3, -0.25) is 9.78 Å². The topological polar surface area (TPSA) is 94.9 Å². The Bertz CT molecular complexity index is 1230. The minimum Gasteiger partial charge on any atom is -0.382 e. The maximum absolute atomic E-state index is 11.4. The first-order valence-corrected chi connectivity index (χ1v) is 9.27. The van der Waals surface area contributed by atoms with E-state index in [0.717, 1.165) is 45.8 Å². The van der Waals surface area contributed by atoms with Gasteiger partial charge in [-0.15, -0.1) is 0 Å². The molecule has 1 amide bonds. The fourth-order valence-electron chi connectivity index (χ4n) is 3.73. The summed E-state index contributed by atoms with van der Waals surface area (Å²) in [7, 11) is 0. The van der Waals surface area contributed by atoms with Crippen LogP contribution in [0.4, 0.5) is 5.82 Å². The van der Waals surface area contributed by atoms with Gasteiger partial charge >= 0.3 is 0 Å². The molecule has 5 nitrogen and oxygen atoms in total. The minimum atomic E-state index is -0.403. The summed E-state index contributed by atoms with van der Waals surface area (Å²) in [6.07, 6.45) is 3.47. The first-order valence-electron chi connectivity index (χ1n) is 9.27. The number of rotatable bonds is 4. The highest BCUT2D eigenvalue weighted by Gasteiger charge is 2.12. The van der Waals surface area contributed by atoms with Gasteiger partial charge in [-0.05, 0) is 73.2 Å². The second kappa shape index (κ2) is 6.93. The lowest BCUT2D eigenvalue weighted by Gasteiger charge is -2.12. The van der Waals surface area contributed by atoms with Crippen LogP contribution in [0.2, 0.25) is 0 Å². The van der Waals surface area contributed by atoms with Gasteiger partial charge in [0.1, 0.15) is 5.52 Å². The monoisotopic (exact) mass is 370 g/mol. The molecular formula is C23H22N4O. The molecule has 2 heterocycles. The molecule has 0 aliphatic heterocycles. The molecule has 0 bridgehead atoms. The molecule has 0 saturated heterocycles. The quantitative estimate of drug-likeness (QED) is 0.533. The summed E-state index contributed by atoms with van der Waals surface area (Å²) in [6.45, 7) is 4.05. The predicted molar refractivity (Wildman–Crippen MR) is 113 cm³/mol. The lowest BCUT2D eigenvalue weighted by molar-refractivity contribution is 0.1000. The van der Waals surface area contributed by atoms with E-state index in [0.29, 0.717) is 11.4 Å². The molecule has 28 heavy (non-hydrogen) atoms. The molecule has 0 saturated carbocycles. The van der Waals surface area contributed by atoms with Crippen molar-refractivity contribution >= 4 is 33.5 Å². The predicted octanol–water partition coefficient (Wildman–Crippen LogP) is 3.87. The number of nitrogens with zero attached hydrogens (tertiary/aromatic N) is 2. The lowest BCUT2D eigenvalue weighted by Crippen LogP contribution is -2.11. The molecule has 140 valence electrons. The average Bonchev–Trinajstić information content (AvgIpc) is 2.66. The normalized spacial score (nSPS) is 11.2. The van der Waals surface area contributed by atoms with Gasteiger partial charge < -0.3 is 11.5 Å². The number of fused-ring (bicyclic) bond motifs is 3. The van der Waals surface area contributed by atoms with Gasteiger partial charge in [-0.25, -0.2) is 4.98 Å². The van der Waals surface area contributed by atoms with Gasteiger partial charge in [0.25, 0.3) is 0 Å². The summed E-state index contributed by atoms with van der Waals surface area (Å²) in [6, 6.07) is 13.9. The first kappa shape index (κ1) is 17.9. The van der Waals surface area contributed by atoms with Crippen molar-refractivity contribution < 1.29 is 4.79 Å². The summed E-state index contributed by atoms with van der Waals surface area (Å²) in [5.74, 6) is 0.0523. The number of hydrogen-bond donors (Lipinski definition) is 2. The zero-order valence-corrected chi connectivity index (χ0v) is 16.0. The third kappa shape index (κ3) is 3.16. The van der Waals surface area contributed by atoms with E-state index < -0.39 is 5.91 Å². The summed E-state index contributed by atoms with van der Waals surface area (Å²) in [5, 5.41) is 2.13. The van der Waals surface area contributed by atoms with Crippen molar-refractivity contribution in [2.24, 2.45) is 5.73 Å². The number of nitrogens with two attached hydrogens (primary N) is 2. The van der Waals surface area contributed by atoms with E-state index in [9.17, 15) is 4.79 Å². The van der Waals surface area contributed by atoms with Crippen molar-refractivity contribution in [1.29, 1.82) is 0 Å². The van der Waals surface area contributed by atoms with Crippen molar-refractivity contribution in [1.82, 2.24) is 9.97 Å². The number of aromatic nitrogens is 2. The third-order valence-corrected chi connectivity index (χ3v) is 5.23. The highest BCUT2D eigenvalue weighted by Crippen LogP contribution is 2.30. The minimum absolute atomic E-state index is 0.403. The van der Waals surface area contributed by atoms with E-state index in [1.54, 1.807) is 12.3 Å².